The van der Waals surface area contributed by atoms with Gasteiger partial charge in [-0.25, -0.2) is 14.8 Å². The number of carbonyl (C=O) groups excluding carboxylic acids is 1. The molecule has 0 saturated heterocycles. The number of anilines is 1. The molecule has 0 spiro atoms. The molecular formula is C21H16F3N5OS. The van der Waals surface area contributed by atoms with Gasteiger partial charge in [0.2, 0.25) is 0 Å². The van der Waals surface area contributed by atoms with Crippen LogP contribution in [-0.2, 0) is 6.18 Å². The normalized spacial score (nSPS) is 11.5. The van der Waals surface area contributed by atoms with Crippen LogP contribution in [0, 0.1) is 0 Å². The van der Waals surface area contributed by atoms with Crippen LogP contribution in [0.25, 0.3) is 32.6 Å². The molecule has 3 aromatic heterocycles. The zero-order valence-electron chi connectivity index (χ0n) is 16.2. The summed E-state index contributed by atoms with van der Waals surface area (Å²) in [5.41, 5.74) is 1.72. The van der Waals surface area contributed by atoms with E-state index in [2.05, 4.69) is 25.6 Å². The van der Waals surface area contributed by atoms with Gasteiger partial charge in [-0.2, -0.15) is 13.2 Å². The van der Waals surface area contributed by atoms with Crippen molar-refractivity contribution in [3.63, 3.8) is 0 Å². The van der Waals surface area contributed by atoms with Gasteiger partial charge in [-0.1, -0.05) is 23.5 Å². The van der Waals surface area contributed by atoms with Crippen molar-refractivity contribution in [3.8, 4) is 22.4 Å². The van der Waals surface area contributed by atoms with E-state index < -0.39 is 17.9 Å². The third-order valence-corrected chi connectivity index (χ3v) is 5.38. The number of rotatable bonds is 4. The molecule has 2 amide bonds. The summed E-state index contributed by atoms with van der Waals surface area (Å²) in [4.78, 5) is 24.3. The highest BCUT2D eigenvalue weighted by molar-refractivity contribution is 7.22. The number of nitrogens with zero attached hydrogens (tertiary/aromatic N) is 3. The Morgan fingerprint density at radius 1 is 1.10 bits per heavy atom. The zero-order chi connectivity index (χ0) is 22.0. The van der Waals surface area contributed by atoms with Crippen molar-refractivity contribution >= 4 is 32.7 Å². The number of hydrogen-bond donors (Lipinski definition) is 2. The van der Waals surface area contributed by atoms with Crippen LogP contribution in [0.4, 0.5) is 23.1 Å². The number of hydrogen-bond acceptors (Lipinski definition) is 5. The maximum absolute atomic E-state index is 13.2. The number of thiazole rings is 1. The molecule has 0 saturated carbocycles. The minimum absolute atomic E-state index is 0.166. The van der Waals surface area contributed by atoms with Crippen molar-refractivity contribution in [1.82, 2.24) is 20.3 Å². The Kier molecular flexibility index (Phi) is 5.55. The SMILES string of the molecule is CCNC(=O)Nc1nc2cc(-c3cccnc3)cc(-c3cccc(C(F)(F)F)n3)c2s1. The first-order chi connectivity index (χ1) is 14.8. The number of pyridine rings is 2. The molecule has 3 heterocycles. The number of fused-ring (bicyclic) bond motifs is 1. The van der Waals surface area contributed by atoms with Gasteiger partial charge in [0, 0.05) is 30.1 Å². The molecule has 0 aliphatic heterocycles. The van der Waals surface area contributed by atoms with Crippen molar-refractivity contribution in [2.24, 2.45) is 0 Å². The van der Waals surface area contributed by atoms with E-state index in [9.17, 15) is 18.0 Å². The van der Waals surface area contributed by atoms with Gasteiger partial charge in [0.15, 0.2) is 5.13 Å². The first kappa shape index (κ1) is 20.7. The van der Waals surface area contributed by atoms with Gasteiger partial charge < -0.3 is 5.32 Å². The smallest absolute Gasteiger partial charge is 0.338 e. The Labute approximate surface area is 179 Å². The highest BCUT2D eigenvalue weighted by Crippen LogP contribution is 2.39. The molecule has 0 fully saturated rings. The van der Waals surface area contributed by atoms with E-state index in [4.69, 9.17) is 0 Å². The summed E-state index contributed by atoms with van der Waals surface area (Å²) in [6, 6.07) is 10.5. The van der Waals surface area contributed by atoms with E-state index in [0.717, 1.165) is 17.2 Å². The summed E-state index contributed by atoms with van der Waals surface area (Å²) in [5.74, 6) is 0. The Hall–Kier alpha value is -3.53. The predicted octanol–water partition coefficient (Wildman–Crippen LogP) is 5.58. The number of halogens is 3. The van der Waals surface area contributed by atoms with Crippen molar-refractivity contribution in [3.05, 3.63) is 60.6 Å². The van der Waals surface area contributed by atoms with Crippen LogP contribution in [0.5, 0.6) is 0 Å². The lowest BCUT2D eigenvalue weighted by molar-refractivity contribution is -0.141. The molecule has 0 aliphatic rings. The molecule has 0 bridgehead atoms. The van der Waals surface area contributed by atoms with E-state index in [1.54, 1.807) is 31.5 Å². The standard InChI is InChI=1S/C21H16F3N5OS/c1-2-26-19(30)29-20-28-16-10-13(12-5-4-8-25-11-12)9-14(18(16)31-20)15-6-3-7-17(27-15)21(22,23)24/h3-11H,2H2,1H3,(H2,26,28,29,30). The van der Waals surface area contributed by atoms with Crippen LogP contribution < -0.4 is 10.6 Å². The van der Waals surface area contributed by atoms with Crippen molar-refractivity contribution in [2.75, 3.05) is 11.9 Å². The molecule has 2 N–H and O–H groups in total. The van der Waals surface area contributed by atoms with Crippen molar-refractivity contribution in [2.45, 2.75) is 13.1 Å². The molecule has 1 aromatic carbocycles. The molecule has 10 heteroatoms. The van der Waals surface area contributed by atoms with Gasteiger partial charge >= 0.3 is 12.2 Å². The van der Waals surface area contributed by atoms with E-state index in [0.29, 0.717) is 27.5 Å². The molecule has 158 valence electrons. The predicted molar refractivity (Wildman–Crippen MR) is 114 cm³/mol. The van der Waals surface area contributed by atoms with E-state index in [-0.39, 0.29) is 5.69 Å². The Balaban J connectivity index is 1.89. The maximum Gasteiger partial charge on any atom is 0.433 e. The summed E-state index contributed by atoms with van der Waals surface area (Å²) in [7, 11) is 0. The van der Waals surface area contributed by atoms with Crippen LogP contribution in [0.3, 0.4) is 0 Å². The average molecular weight is 443 g/mol. The summed E-state index contributed by atoms with van der Waals surface area (Å²) < 4.78 is 40.3. The molecule has 31 heavy (non-hydrogen) atoms. The molecule has 0 radical (unpaired) electrons. The molecule has 0 unspecified atom stereocenters. The van der Waals surface area contributed by atoms with Gasteiger partial charge in [-0.3, -0.25) is 10.3 Å². The van der Waals surface area contributed by atoms with E-state index in [1.165, 1.54) is 23.5 Å². The number of aromatic nitrogens is 3. The quantitative estimate of drug-likeness (QED) is 0.432. The van der Waals surface area contributed by atoms with Crippen LogP contribution in [0.15, 0.2) is 54.9 Å². The lowest BCUT2D eigenvalue weighted by Crippen LogP contribution is -2.28. The number of benzene rings is 1. The highest BCUT2D eigenvalue weighted by atomic mass is 32.1. The Bertz CT molecular complexity index is 1240. The number of amides is 2. The second kappa shape index (κ2) is 8.31. The highest BCUT2D eigenvalue weighted by Gasteiger charge is 2.32. The van der Waals surface area contributed by atoms with Gasteiger partial charge in [0.05, 0.1) is 15.9 Å². The molecule has 6 nitrogen and oxygen atoms in total. The second-order valence-corrected chi connectivity index (χ2v) is 7.52. The number of urea groups is 1. The molecule has 0 aliphatic carbocycles. The van der Waals surface area contributed by atoms with Crippen LogP contribution in [0.1, 0.15) is 12.6 Å². The Morgan fingerprint density at radius 3 is 2.65 bits per heavy atom. The largest absolute Gasteiger partial charge is 0.433 e. The summed E-state index contributed by atoms with van der Waals surface area (Å²) in [6.07, 6.45) is -1.27. The topological polar surface area (TPSA) is 79.8 Å². The van der Waals surface area contributed by atoms with Gasteiger partial charge in [-0.15, -0.1) is 0 Å². The van der Waals surface area contributed by atoms with Gasteiger partial charge in [0.1, 0.15) is 5.69 Å². The number of alkyl halides is 3. The number of carbonyl (C=O) groups is 1. The van der Waals surface area contributed by atoms with Crippen molar-refractivity contribution in [1.29, 1.82) is 0 Å². The fourth-order valence-corrected chi connectivity index (χ4v) is 3.98. The lowest BCUT2D eigenvalue weighted by Gasteiger charge is -2.10. The monoisotopic (exact) mass is 443 g/mol. The zero-order valence-corrected chi connectivity index (χ0v) is 17.0. The minimum atomic E-state index is -4.56. The lowest BCUT2D eigenvalue weighted by atomic mass is 10.0. The van der Waals surface area contributed by atoms with Crippen LogP contribution in [0.2, 0.25) is 0 Å². The fraction of sp³-hybridized carbons (Fsp3) is 0.143. The second-order valence-electron chi connectivity index (χ2n) is 6.52. The summed E-state index contributed by atoms with van der Waals surface area (Å²) in [6.45, 7) is 2.23. The van der Waals surface area contributed by atoms with Crippen LogP contribution >= 0.6 is 11.3 Å². The fourth-order valence-electron chi connectivity index (χ4n) is 3.02. The van der Waals surface area contributed by atoms with Crippen molar-refractivity contribution < 1.29 is 18.0 Å². The first-order valence-corrected chi connectivity index (χ1v) is 10.1. The third-order valence-electron chi connectivity index (χ3n) is 4.36. The van der Waals surface area contributed by atoms with E-state index in [1.807, 2.05) is 12.1 Å². The number of nitrogens with one attached hydrogen (secondary N) is 2. The first-order valence-electron chi connectivity index (χ1n) is 9.29. The summed E-state index contributed by atoms with van der Waals surface area (Å²) >= 11 is 1.17. The maximum atomic E-state index is 13.2. The molecule has 0 atom stereocenters. The minimum Gasteiger partial charge on any atom is -0.338 e. The molecule has 4 aromatic rings. The molecule has 4 rings (SSSR count). The van der Waals surface area contributed by atoms with Gasteiger partial charge in [-0.05, 0) is 42.8 Å². The molecular weight excluding hydrogens is 427 g/mol. The van der Waals surface area contributed by atoms with Crippen LogP contribution in [-0.4, -0.2) is 27.5 Å². The van der Waals surface area contributed by atoms with E-state index >= 15 is 0 Å². The van der Waals surface area contributed by atoms with Gasteiger partial charge in [0.25, 0.3) is 0 Å². The third kappa shape index (κ3) is 4.48. The summed E-state index contributed by atoms with van der Waals surface area (Å²) in [5, 5.41) is 5.60. The average Bonchev–Trinajstić information content (AvgIpc) is 3.15. The Morgan fingerprint density at radius 2 is 1.94 bits per heavy atom.